The first-order valence-corrected chi connectivity index (χ1v) is 4.38. The molecule has 0 aromatic heterocycles. The maximum Gasteiger partial charge on any atom is -0.0289 e. The summed E-state index contributed by atoms with van der Waals surface area (Å²) in [4.78, 5) is 0. The van der Waals surface area contributed by atoms with Gasteiger partial charge in [-0.1, -0.05) is 34.1 Å². The van der Waals surface area contributed by atoms with Crippen LogP contribution in [0.5, 0.6) is 0 Å². The van der Waals surface area contributed by atoms with Crippen LogP contribution >= 0.6 is 0 Å². The molecule has 1 saturated carbocycles. The van der Waals surface area contributed by atoms with Crippen LogP contribution < -0.4 is 0 Å². The lowest BCUT2D eigenvalue weighted by Crippen LogP contribution is -1.93. The van der Waals surface area contributed by atoms with E-state index in [2.05, 4.69) is 34.1 Å². The SMILES string of the molecule is CC(C)CCC1[CH]C1(C)C. The van der Waals surface area contributed by atoms with Crippen molar-refractivity contribution in [3.05, 3.63) is 6.42 Å². The molecule has 1 aliphatic carbocycles. The van der Waals surface area contributed by atoms with Crippen molar-refractivity contribution in [3.8, 4) is 0 Å². The lowest BCUT2D eigenvalue weighted by molar-refractivity contribution is 0.468. The zero-order valence-electron chi connectivity index (χ0n) is 7.65. The van der Waals surface area contributed by atoms with Gasteiger partial charge in [0.25, 0.3) is 0 Å². The summed E-state index contributed by atoms with van der Waals surface area (Å²) in [6.07, 6.45) is 5.27. The van der Waals surface area contributed by atoms with Crippen LogP contribution in [0.4, 0.5) is 0 Å². The normalized spacial score (nSPS) is 29.1. The van der Waals surface area contributed by atoms with Gasteiger partial charge in [-0.05, 0) is 30.1 Å². The zero-order valence-corrected chi connectivity index (χ0v) is 7.65. The highest BCUT2D eigenvalue weighted by Gasteiger charge is 2.44. The van der Waals surface area contributed by atoms with Gasteiger partial charge in [0, 0.05) is 0 Å². The van der Waals surface area contributed by atoms with Crippen molar-refractivity contribution < 1.29 is 0 Å². The fourth-order valence-electron chi connectivity index (χ4n) is 1.44. The highest BCUT2D eigenvalue weighted by atomic mass is 14.5. The molecule has 0 nitrogen and oxygen atoms in total. The molecular weight excluding hydrogens is 120 g/mol. The maximum atomic E-state index is 2.47. The second-order valence-electron chi connectivity index (χ2n) is 4.57. The molecule has 1 rings (SSSR count). The number of hydrogen-bond acceptors (Lipinski definition) is 0. The van der Waals surface area contributed by atoms with E-state index in [0.29, 0.717) is 5.41 Å². The van der Waals surface area contributed by atoms with E-state index in [-0.39, 0.29) is 0 Å². The van der Waals surface area contributed by atoms with E-state index >= 15 is 0 Å². The molecule has 1 fully saturated rings. The molecule has 0 aliphatic heterocycles. The molecule has 1 atom stereocenters. The molecule has 0 aromatic rings. The Hall–Kier alpha value is 0. The fraction of sp³-hybridized carbons (Fsp3) is 0.900. The smallest absolute Gasteiger partial charge is 0.0289 e. The molecule has 0 aromatic carbocycles. The Balaban J connectivity index is 2.07. The number of rotatable bonds is 3. The number of hydrogen-bond donors (Lipinski definition) is 0. The van der Waals surface area contributed by atoms with Gasteiger partial charge in [-0.15, -0.1) is 0 Å². The molecule has 1 unspecified atom stereocenters. The molecule has 1 aliphatic rings. The Labute approximate surface area is 65.0 Å². The van der Waals surface area contributed by atoms with Crippen molar-refractivity contribution in [1.82, 2.24) is 0 Å². The third kappa shape index (κ3) is 2.00. The Bertz CT molecular complexity index is 111. The van der Waals surface area contributed by atoms with Gasteiger partial charge in [-0.2, -0.15) is 0 Å². The van der Waals surface area contributed by atoms with Crippen LogP contribution in [0, 0.1) is 23.7 Å². The second kappa shape index (κ2) is 2.56. The average Bonchev–Trinajstić information content (AvgIpc) is 2.35. The van der Waals surface area contributed by atoms with Gasteiger partial charge in [0.05, 0.1) is 0 Å². The molecule has 0 bridgehead atoms. The predicted octanol–water partition coefficient (Wildman–Crippen LogP) is 3.28. The van der Waals surface area contributed by atoms with Crippen LogP contribution in [0.15, 0.2) is 0 Å². The highest BCUT2D eigenvalue weighted by Crippen LogP contribution is 2.53. The van der Waals surface area contributed by atoms with Crippen molar-refractivity contribution in [2.45, 2.75) is 40.5 Å². The zero-order chi connectivity index (χ0) is 7.78. The molecular formula is C10H19. The summed E-state index contributed by atoms with van der Waals surface area (Å²) < 4.78 is 0. The Morgan fingerprint density at radius 3 is 2.20 bits per heavy atom. The van der Waals surface area contributed by atoms with Crippen LogP contribution in [-0.4, -0.2) is 0 Å². The first-order valence-electron chi connectivity index (χ1n) is 4.38. The van der Waals surface area contributed by atoms with E-state index in [1.807, 2.05) is 0 Å². The summed E-state index contributed by atoms with van der Waals surface area (Å²) in [6, 6.07) is 0. The minimum Gasteiger partial charge on any atom is -0.0628 e. The van der Waals surface area contributed by atoms with Gasteiger partial charge in [-0.3, -0.25) is 0 Å². The van der Waals surface area contributed by atoms with E-state index in [4.69, 9.17) is 0 Å². The third-order valence-electron chi connectivity index (χ3n) is 2.53. The van der Waals surface area contributed by atoms with Gasteiger partial charge in [0.15, 0.2) is 0 Å². The van der Waals surface area contributed by atoms with E-state index < -0.39 is 0 Å². The second-order valence-corrected chi connectivity index (χ2v) is 4.57. The Kier molecular flexibility index (Phi) is 2.07. The predicted molar refractivity (Wildman–Crippen MR) is 45.6 cm³/mol. The Morgan fingerprint density at radius 1 is 1.40 bits per heavy atom. The van der Waals surface area contributed by atoms with Crippen molar-refractivity contribution >= 4 is 0 Å². The average molecular weight is 139 g/mol. The molecule has 0 saturated heterocycles. The lowest BCUT2D eigenvalue weighted by Gasteiger charge is -2.04. The largest absolute Gasteiger partial charge is 0.0628 e. The van der Waals surface area contributed by atoms with E-state index in [1.165, 1.54) is 12.8 Å². The van der Waals surface area contributed by atoms with Crippen LogP contribution in [0.25, 0.3) is 0 Å². The molecule has 10 heavy (non-hydrogen) atoms. The summed E-state index contributed by atoms with van der Waals surface area (Å²) >= 11 is 0. The van der Waals surface area contributed by atoms with Crippen molar-refractivity contribution in [2.24, 2.45) is 17.3 Å². The fourth-order valence-corrected chi connectivity index (χ4v) is 1.44. The first-order chi connectivity index (χ1) is 4.52. The molecule has 0 heteroatoms. The molecule has 0 spiro atoms. The first kappa shape index (κ1) is 8.10. The van der Waals surface area contributed by atoms with Crippen LogP contribution in [0.2, 0.25) is 0 Å². The van der Waals surface area contributed by atoms with Gasteiger partial charge in [0.1, 0.15) is 0 Å². The van der Waals surface area contributed by atoms with Crippen molar-refractivity contribution in [1.29, 1.82) is 0 Å². The minimum atomic E-state index is 0.578. The lowest BCUT2D eigenvalue weighted by atomic mass is 10.0. The highest BCUT2D eigenvalue weighted by molar-refractivity contribution is 5.12. The Morgan fingerprint density at radius 2 is 1.90 bits per heavy atom. The van der Waals surface area contributed by atoms with E-state index in [1.54, 1.807) is 0 Å². The molecule has 59 valence electrons. The summed E-state index contributed by atoms with van der Waals surface area (Å²) in [7, 11) is 0. The quantitative estimate of drug-likeness (QED) is 0.563. The summed E-state index contributed by atoms with van der Waals surface area (Å²) in [5.74, 6) is 1.81. The minimum absolute atomic E-state index is 0.578. The maximum absolute atomic E-state index is 2.47. The van der Waals surface area contributed by atoms with Crippen LogP contribution in [0.1, 0.15) is 40.5 Å². The van der Waals surface area contributed by atoms with E-state index in [0.717, 1.165) is 11.8 Å². The topological polar surface area (TPSA) is 0 Å². The summed E-state index contributed by atoms with van der Waals surface area (Å²) in [6.45, 7) is 9.26. The molecule has 0 N–H and O–H groups in total. The third-order valence-corrected chi connectivity index (χ3v) is 2.53. The van der Waals surface area contributed by atoms with Gasteiger partial charge >= 0.3 is 0 Å². The molecule has 0 amide bonds. The van der Waals surface area contributed by atoms with Crippen molar-refractivity contribution in [2.75, 3.05) is 0 Å². The van der Waals surface area contributed by atoms with Crippen molar-refractivity contribution in [3.63, 3.8) is 0 Å². The van der Waals surface area contributed by atoms with Gasteiger partial charge in [0.2, 0.25) is 0 Å². The molecule has 0 heterocycles. The summed E-state index contributed by atoms with van der Waals surface area (Å²) in [5, 5.41) is 0. The van der Waals surface area contributed by atoms with Gasteiger partial charge < -0.3 is 0 Å². The molecule has 1 radical (unpaired) electrons. The monoisotopic (exact) mass is 139 g/mol. The van der Waals surface area contributed by atoms with Gasteiger partial charge in [-0.25, -0.2) is 0 Å². The van der Waals surface area contributed by atoms with E-state index in [9.17, 15) is 0 Å². The van der Waals surface area contributed by atoms with Crippen LogP contribution in [0.3, 0.4) is 0 Å². The summed E-state index contributed by atoms with van der Waals surface area (Å²) in [5.41, 5.74) is 0.578. The standard InChI is InChI=1S/C10H19/c1-8(2)5-6-9-7-10(9,3)4/h7-9H,5-6H2,1-4H3. The van der Waals surface area contributed by atoms with Crippen LogP contribution in [-0.2, 0) is 0 Å².